The molecule has 0 atom stereocenters. The van der Waals surface area contributed by atoms with Gasteiger partial charge in [-0.3, -0.25) is 9.59 Å². The van der Waals surface area contributed by atoms with Gasteiger partial charge in [0.1, 0.15) is 5.75 Å². The van der Waals surface area contributed by atoms with Gasteiger partial charge in [-0.1, -0.05) is 36.4 Å². The fourth-order valence-electron chi connectivity index (χ4n) is 2.60. The monoisotopic (exact) mass is 373 g/mol. The molecule has 6 nitrogen and oxygen atoms in total. The van der Waals surface area contributed by atoms with Crippen LogP contribution in [0, 0.1) is 6.92 Å². The topological polar surface area (TPSA) is 90.8 Å². The molecular weight excluding hydrogens is 354 g/mol. The molecule has 3 aromatic rings. The molecule has 2 amide bonds. The lowest BCUT2D eigenvalue weighted by molar-refractivity contribution is 0.0953. The number of benzene rings is 3. The highest BCUT2D eigenvalue weighted by Gasteiger charge is 2.10. The minimum Gasteiger partial charge on any atom is -0.508 e. The van der Waals surface area contributed by atoms with Crippen molar-refractivity contribution in [3.63, 3.8) is 0 Å². The summed E-state index contributed by atoms with van der Waals surface area (Å²) in [6, 6.07) is 20.4. The van der Waals surface area contributed by atoms with Crippen LogP contribution in [0.4, 0.5) is 5.69 Å². The number of hydrogen-bond donors (Lipinski definition) is 3. The second-order valence-corrected chi connectivity index (χ2v) is 6.14. The van der Waals surface area contributed by atoms with Gasteiger partial charge in [0.25, 0.3) is 11.8 Å². The Morgan fingerprint density at radius 3 is 2.50 bits per heavy atom. The zero-order valence-electron chi connectivity index (χ0n) is 15.2. The van der Waals surface area contributed by atoms with Gasteiger partial charge >= 0.3 is 0 Å². The highest BCUT2D eigenvalue weighted by atomic mass is 16.3. The number of hydrazone groups is 1. The third-order valence-corrected chi connectivity index (χ3v) is 4.02. The standard InChI is InChI=1S/C22H19N3O3/c1-15-6-2-3-11-20(15)22(28)24-18-9-5-8-17(13-18)21(27)25-23-14-16-7-4-10-19(26)12-16/h2-14,26H,1H3,(H,24,28)(H,25,27). The van der Waals surface area contributed by atoms with Crippen LogP contribution >= 0.6 is 0 Å². The minimum absolute atomic E-state index is 0.118. The predicted octanol–water partition coefficient (Wildman–Crippen LogP) is 3.72. The van der Waals surface area contributed by atoms with E-state index in [1.165, 1.54) is 12.3 Å². The summed E-state index contributed by atoms with van der Waals surface area (Å²) in [6.45, 7) is 1.86. The number of aryl methyl sites for hydroxylation is 1. The Balaban J connectivity index is 1.66. The van der Waals surface area contributed by atoms with E-state index in [2.05, 4.69) is 15.8 Å². The Morgan fingerprint density at radius 2 is 1.71 bits per heavy atom. The Morgan fingerprint density at radius 1 is 0.929 bits per heavy atom. The van der Waals surface area contributed by atoms with E-state index in [9.17, 15) is 14.7 Å². The van der Waals surface area contributed by atoms with Crippen molar-refractivity contribution in [2.75, 3.05) is 5.32 Å². The van der Waals surface area contributed by atoms with Gasteiger partial charge in [0.15, 0.2) is 0 Å². The summed E-state index contributed by atoms with van der Waals surface area (Å²) in [6.07, 6.45) is 1.43. The SMILES string of the molecule is Cc1ccccc1C(=O)Nc1cccc(C(=O)NN=Cc2cccc(O)c2)c1. The Kier molecular flexibility index (Phi) is 5.81. The summed E-state index contributed by atoms with van der Waals surface area (Å²) in [4.78, 5) is 24.7. The van der Waals surface area contributed by atoms with Crippen molar-refractivity contribution in [2.45, 2.75) is 6.92 Å². The molecule has 0 fully saturated rings. The molecule has 0 aromatic heterocycles. The Hall–Kier alpha value is -3.93. The van der Waals surface area contributed by atoms with Crippen molar-refractivity contribution < 1.29 is 14.7 Å². The van der Waals surface area contributed by atoms with Crippen LogP contribution in [-0.2, 0) is 0 Å². The van der Waals surface area contributed by atoms with Crippen LogP contribution in [-0.4, -0.2) is 23.1 Å². The van der Waals surface area contributed by atoms with Crippen molar-refractivity contribution >= 4 is 23.7 Å². The lowest BCUT2D eigenvalue weighted by Crippen LogP contribution is -2.18. The maximum Gasteiger partial charge on any atom is 0.271 e. The van der Waals surface area contributed by atoms with Gasteiger partial charge in [0, 0.05) is 16.8 Å². The maximum atomic E-state index is 12.4. The fourth-order valence-corrected chi connectivity index (χ4v) is 2.60. The van der Waals surface area contributed by atoms with E-state index in [1.54, 1.807) is 54.6 Å². The Labute approximate surface area is 162 Å². The molecule has 0 heterocycles. The smallest absolute Gasteiger partial charge is 0.271 e. The molecule has 28 heavy (non-hydrogen) atoms. The van der Waals surface area contributed by atoms with Crippen LogP contribution < -0.4 is 10.7 Å². The molecule has 0 spiro atoms. The number of hydrogen-bond acceptors (Lipinski definition) is 4. The molecule has 3 aromatic carbocycles. The quantitative estimate of drug-likeness (QED) is 0.470. The zero-order valence-corrected chi connectivity index (χ0v) is 15.2. The summed E-state index contributed by atoms with van der Waals surface area (Å²) in [7, 11) is 0. The van der Waals surface area contributed by atoms with Crippen LogP contribution in [0.5, 0.6) is 5.75 Å². The number of carbonyl (C=O) groups excluding carboxylic acids is 2. The average molecular weight is 373 g/mol. The first-order valence-electron chi connectivity index (χ1n) is 8.62. The number of phenols is 1. The maximum absolute atomic E-state index is 12.4. The van der Waals surface area contributed by atoms with Crippen LogP contribution in [0.2, 0.25) is 0 Å². The summed E-state index contributed by atoms with van der Waals surface area (Å²) < 4.78 is 0. The molecule has 3 N–H and O–H groups in total. The van der Waals surface area contributed by atoms with Crippen molar-refractivity contribution in [1.29, 1.82) is 0 Å². The van der Waals surface area contributed by atoms with Crippen LogP contribution in [0.15, 0.2) is 77.9 Å². The van der Waals surface area contributed by atoms with Gasteiger partial charge in [0.2, 0.25) is 0 Å². The number of anilines is 1. The third kappa shape index (κ3) is 4.82. The first kappa shape index (κ1) is 18.8. The lowest BCUT2D eigenvalue weighted by Gasteiger charge is -2.08. The number of amides is 2. The minimum atomic E-state index is -0.414. The number of rotatable bonds is 5. The molecule has 0 aliphatic rings. The molecule has 3 rings (SSSR count). The number of nitrogens with one attached hydrogen (secondary N) is 2. The van der Waals surface area contributed by atoms with E-state index >= 15 is 0 Å². The van der Waals surface area contributed by atoms with E-state index in [1.807, 2.05) is 19.1 Å². The van der Waals surface area contributed by atoms with Gasteiger partial charge in [-0.05, 0) is 54.4 Å². The van der Waals surface area contributed by atoms with Crippen molar-refractivity contribution in [3.8, 4) is 5.75 Å². The molecule has 0 saturated carbocycles. The largest absolute Gasteiger partial charge is 0.508 e. The highest BCUT2D eigenvalue weighted by molar-refractivity contribution is 6.06. The molecule has 0 aliphatic carbocycles. The van der Waals surface area contributed by atoms with Crippen molar-refractivity contribution in [1.82, 2.24) is 5.43 Å². The van der Waals surface area contributed by atoms with Gasteiger partial charge in [-0.15, -0.1) is 0 Å². The van der Waals surface area contributed by atoms with Crippen LogP contribution in [0.3, 0.4) is 0 Å². The number of aromatic hydroxyl groups is 1. The molecular formula is C22H19N3O3. The van der Waals surface area contributed by atoms with Crippen LogP contribution in [0.1, 0.15) is 31.8 Å². The van der Waals surface area contributed by atoms with Gasteiger partial charge in [-0.25, -0.2) is 5.43 Å². The second kappa shape index (κ2) is 8.64. The predicted molar refractivity (Wildman–Crippen MR) is 109 cm³/mol. The summed E-state index contributed by atoms with van der Waals surface area (Å²) >= 11 is 0. The van der Waals surface area contributed by atoms with Gasteiger partial charge in [-0.2, -0.15) is 5.10 Å². The summed E-state index contributed by atoms with van der Waals surface area (Å²) in [5, 5.41) is 16.1. The summed E-state index contributed by atoms with van der Waals surface area (Å²) in [5.41, 5.74) is 5.39. The molecule has 0 bridgehead atoms. The molecule has 0 aliphatic heterocycles. The molecule has 6 heteroatoms. The van der Waals surface area contributed by atoms with E-state index < -0.39 is 5.91 Å². The lowest BCUT2D eigenvalue weighted by atomic mass is 10.1. The van der Waals surface area contributed by atoms with Crippen molar-refractivity contribution in [2.24, 2.45) is 5.10 Å². The molecule has 140 valence electrons. The molecule has 0 radical (unpaired) electrons. The highest BCUT2D eigenvalue weighted by Crippen LogP contribution is 2.14. The normalized spacial score (nSPS) is 10.6. The summed E-state index contributed by atoms with van der Waals surface area (Å²) in [5.74, 6) is -0.534. The number of phenolic OH excluding ortho intramolecular Hbond substituents is 1. The fraction of sp³-hybridized carbons (Fsp3) is 0.0455. The van der Waals surface area contributed by atoms with Gasteiger partial charge in [0.05, 0.1) is 6.21 Å². The molecule has 0 unspecified atom stereocenters. The average Bonchev–Trinajstić information content (AvgIpc) is 2.68. The third-order valence-electron chi connectivity index (χ3n) is 4.02. The van der Waals surface area contributed by atoms with E-state index in [0.29, 0.717) is 22.4 Å². The molecule has 0 saturated heterocycles. The first-order valence-corrected chi connectivity index (χ1v) is 8.62. The Bertz CT molecular complexity index is 1040. The first-order chi connectivity index (χ1) is 13.5. The van der Waals surface area contributed by atoms with E-state index in [0.717, 1.165) is 5.56 Å². The zero-order chi connectivity index (χ0) is 19.9. The second-order valence-electron chi connectivity index (χ2n) is 6.14. The van der Waals surface area contributed by atoms with Gasteiger partial charge < -0.3 is 10.4 Å². The van der Waals surface area contributed by atoms with Crippen molar-refractivity contribution in [3.05, 3.63) is 95.1 Å². The number of nitrogens with zero attached hydrogens (tertiary/aromatic N) is 1. The number of carbonyl (C=O) groups is 2. The van der Waals surface area contributed by atoms with Crippen LogP contribution in [0.25, 0.3) is 0 Å². The van der Waals surface area contributed by atoms with E-state index in [-0.39, 0.29) is 11.7 Å². The van der Waals surface area contributed by atoms with E-state index in [4.69, 9.17) is 0 Å².